The fraction of sp³-hybridized carbons (Fsp3) is 0.133. The van der Waals surface area contributed by atoms with Gasteiger partial charge in [-0.3, -0.25) is 0 Å². The lowest BCUT2D eigenvalue weighted by Crippen LogP contribution is -1.90. The largest absolute Gasteiger partial charge is 0.398 e. The number of aromatic nitrogens is 3. The van der Waals surface area contributed by atoms with Gasteiger partial charge in [-0.25, -0.2) is 4.98 Å². The Bertz CT molecular complexity index is 764. The van der Waals surface area contributed by atoms with Gasteiger partial charge in [-0.1, -0.05) is 17.3 Å². The van der Waals surface area contributed by atoms with Crippen LogP contribution in [0.4, 0.5) is 5.69 Å². The van der Waals surface area contributed by atoms with Crippen LogP contribution in [0.25, 0.3) is 23.0 Å². The molecule has 5 heteroatoms. The minimum absolute atomic E-state index is 0.440. The molecular formula is C15H14N4O. The maximum atomic E-state index is 5.89. The summed E-state index contributed by atoms with van der Waals surface area (Å²) in [6.07, 6.45) is 0. The van der Waals surface area contributed by atoms with Crippen molar-refractivity contribution in [3.63, 3.8) is 0 Å². The predicted molar refractivity (Wildman–Crippen MR) is 76.9 cm³/mol. The monoisotopic (exact) mass is 266 g/mol. The number of nitrogens with zero attached hydrogens (tertiary/aromatic N) is 3. The Kier molecular flexibility index (Phi) is 2.95. The zero-order valence-electron chi connectivity index (χ0n) is 11.3. The highest BCUT2D eigenvalue weighted by atomic mass is 16.5. The number of nitrogens with two attached hydrogens (primary N) is 1. The van der Waals surface area contributed by atoms with Crippen LogP contribution in [0.15, 0.2) is 40.9 Å². The lowest BCUT2D eigenvalue weighted by molar-refractivity contribution is 0.432. The Morgan fingerprint density at radius 3 is 2.65 bits per heavy atom. The number of hydrogen-bond acceptors (Lipinski definition) is 5. The average molecular weight is 266 g/mol. The fourth-order valence-corrected chi connectivity index (χ4v) is 1.89. The molecule has 0 atom stereocenters. The topological polar surface area (TPSA) is 77.8 Å². The third-order valence-corrected chi connectivity index (χ3v) is 3.07. The van der Waals surface area contributed by atoms with Crippen molar-refractivity contribution in [1.82, 2.24) is 15.1 Å². The van der Waals surface area contributed by atoms with Gasteiger partial charge >= 0.3 is 0 Å². The number of anilines is 1. The zero-order chi connectivity index (χ0) is 14.1. The van der Waals surface area contributed by atoms with Gasteiger partial charge in [0.25, 0.3) is 5.89 Å². The molecule has 2 N–H and O–H groups in total. The van der Waals surface area contributed by atoms with E-state index in [2.05, 4.69) is 15.1 Å². The summed E-state index contributed by atoms with van der Waals surface area (Å²) in [5.41, 5.74) is 10.0. The van der Waals surface area contributed by atoms with E-state index >= 15 is 0 Å². The molecule has 0 aliphatic rings. The molecule has 0 spiro atoms. The van der Waals surface area contributed by atoms with Gasteiger partial charge in [-0.05, 0) is 43.7 Å². The Balaban J connectivity index is 1.99. The summed E-state index contributed by atoms with van der Waals surface area (Å²) < 4.78 is 5.28. The molecule has 100 valence electrons. The van der Waals surface area contributed by atoms with Crippen LogP contribution in [0.1, 0.15) is 11.3 Å². The second kappa shape index (κ2) is 4.77. The molecule has 0 radical (unpaired) electrons. The van der Waals surface area contributed by atoms with Crippen LogP contribution in [-0.2, 0) is 0 Å². The van der Waals surface area contributed by atoms with Gasteiger partial charge in [0.05, 0.1) is 0 Å². The standard InChI is InChI=1S/C15H14N4O/c1-9-6-7-11(8-12(9)16)15-18-14(19-20-15)13-5-3-4-10(2)17-13/h3-8H,16H2,1-2H3. The summed E-state index contributed by atoms with van der Waals surface area (Å²) in [6.45, 7) is 3.88. The Morgan fingerprint density at radius 2 is 1.90 bits per heavy atom. The zero-order valence-corrected chi connectivity index (χ0v) is 11.3. The maximum Gasteiger partial charge on any atom is 0.258 e. The van der Waals surface area contributed by atoms with Crippen LogP contribution >= 0.6 is 0 Å². The molecule has 0 aliphatic heterocycles. The van der Waals surface area contributed by atoms with Crippen LogP contribution in [-0.4, -0.2) is 15.1 Å². The summed E-state index contributed by atoms with van der Waals surface area (Å²) in [5, 5.41) is 3.97. The van der Waals surface area contributed by atoms with Crippen LogP contribution in [0.5, 0.6) is 0 Å². The lowest BCUT2D eigenvalue weighted by atomic mass is 10.1. The van der Waals surface area contributed by atoms with Gasteiger partial charge in [0.15, 0.2) is 0 Å². The molecule has 5 nitrogen and oxygen atoms in total. The van der Waals surface area contributed by atoms with Gasteiger partial charge in [0.2, 0.25) is 5.82 Å². The van der Waals surface area contributed by atoms with Crippen LogP contribution in [0, 0.1) is 13.8 Å². The van der Waals surface area contributed by atoms with Gasteiger partial charge in [0, 0.05) is 16.9 Å². The quantitative estimate of drug-likeness (QED) is 0.721. The molecule has 1 aromatic carbocycles. The van der Waals surface area contributed by atoms with Gasteiger partial charge in [-0.15, -0.1) is 0 Å². The van der Waals surface area contributed by atoms with Crippen molar-refractivity contribution < 1.29 is 4.52 Å². The molecule has 0 aliphatic carbocycles. The summed E-state index contributed by atoms with van der Waals surface area (Å²) in [4.78, 5) is 8.74. The van der Waals surface area contributed by atoms with E-state index in [9.17, 15) is 0 Å². The molecule has 0 bridgehead atoms. The minimum atomic E-state index is 0.440. The van der Waals surface area contributed by atoms with E-state index < -0.39 is 0 Å². The smallest absolute Gasteiger partial charge is 0.258 e. The second-order valence-electron chi connectivity index (χ2n) is 4.66. The number of hydrogen-bond donors (Lipinski definition) is 1. The number of pyridine rings is 1. The lowest BCUT2D eigenvalue weighted by Gasteiger charge is -2.00. The Labute approximate surface area is 116 Å². The van der Waals surface area contributed by atoms with Gasteiger partial charge in [0.1, 0.15) is 5.69 Å². The third-order valence-electron chi connectivity index (χ3n) is 3.07. The first kappa shape index (κ1) is 12.3. The van der Waals surface area contributed by atoms with E-state index in [-0.39, 0.29) is 0 Å². The van der Waals surface area contributed by atoms with E-state index in [0.717, 1.165) is 16.8 Å². The predicted octanol–water partition coefficient (Wildman–Crippen LogP) is 3.00. The normalized spacial score (nSPS) is 10.7. The summed E-state index contributed by atoms with van der Waals surface area (Å²) >= 11 is 0. The van der Waals surface area contributed by atoms with Crippen LogP contribution in [0.3, 0.4) is 0 Å². The third kappa shape index (κ3) is 2.25. The van der Waals surface area contributed by atoms with E-state index in [1.165, 1.54) is 0 Å². The highest BCUT2D eigenvalue weighted by molar-refractivity contribution is 5.64. The average Bonchev–Trinajstić information content (AvgIpc) is 2.92. The number of benzene rings is 1. The molecule has 0 fully saturated rings. The summed E-state index contributed by atoms with van der Waals surface area (Å²) in [7, 11) is 0. The first-order valence-electron chi connectivity index (χ1n) is 6.28. The summed E-state index contributed by atoms with van der Waals surface area (Å²) in [6, 6.07) is 11.4. The first-order chi connectivity index (χ1) is 9.63. The summed E-state index contributed by atoms with van der Waals surface area (Å²) in [5.74, 6) is 0.915. The number of aryl methyl sites for hydroxylation is 2. The van der Waals surface area contributed by atoms with Crippen molar-refractivity contribution in [2.24, 2.45) is 0 Å². The van der Waals surface area contributed by atoms with Crippen LogP contribution in [0.2, 0.25) is 0 Å². The van der Waals surface area contributed by atoms with Crippen molar-refractivity contribution in [2.75, 3.05) is 5.73 Å². The van der Waals surface area contributed by atoms with Crippen molar-refractivity contribution in [2.45, 2.75) is 13.8 Å². The van der Waals surface area contributed by atoms with Crippen molar-refractivity contribution in [1.29, 1.82) is 0 Å². The molecule has 3 aromatic rings. The molecular weight excluding hydrogens is 252 g/mol. The van der Waals surface area contributed by atoms with Gasteiger partial charge < -0.3 is 10.3 Å². The second-order valence-corrected chi connectivity index (χ2v) is 4.66. The number of nitrogen functional groups attached to an aromatic ring is 1. The Hall–Kier alpha value is -2.69. The van der Waals surface area contributed by atoms with E-state index in [1.54, 1.807) is 0 Å². The molecule has 3 rings (SSSR count). The van der Waals surface area contributed by atoms with E-state index in [4.69, 9.17) is 10.3 Å². The molecule has 0 unspecified atom stereocenters. The molecule has 0 amide bonds. The van der Waals surface area contributed by atoms with Crippen molar-refractivity contribution >= 4 is 5.69 Å². The first-order valence-corrected chi connectivity index (χ1v) is 6.28. The van der Waals surface area contributed by atoms with E-state index in [1.807, 2.05) is 50.2 Å². The molecule has 2 heterocycles. The van der Waals surface area contributed by atoms with Crippen molar-refractivity contribution in [3.8, 4) is 23.0 Å². The molecule has 2 aromatic heterocycles. The molecule has 0 saturated heterocycles. The molecule has 20 heavy (non-hydrogen) atoms. The SMILES string of the molecule is Cc1cccc(-c2noc(-c3ccc(C)c(N)c3)n2)n1. The molecule has 0 saturated carbocycles. The maximum absolute atomic E-state index is 5.89. The minimum Gasteiger partial charge on any atom is -0.398 e. The fourth-order valence-electron chi connectivity index (χ4n) is 1.89. The van der Waals surface area contributed by atoms with E-state index in [0.29, 0.717) is 23.1 Å². The Morgan fingerprint density at radius 1 is 1.05 bits per heavy atom. The highest BCUT2D eigenvalue weighted by Crippen LogP contribution is 2.24. The highest BCUT2D eigenvalue weighted by Gasteiger charge is 2.12. The number of rotatable bonds is 2. The van der Waals surface area contributed by atoms with Crippen molar-refractivity contribution in [3.05, 3.63) is 47.7 Å². The van der Waals surface area contributed by atoms with Crippen LogP contribution < -0.4 is 5.73 Å². The van der Waals surface area contributed by atoms with Gasteiger partial charge in [-0.2, -0.15) is 4.98 Å².